The fourth-order valence-electron chi connectivity index (χ4n) is 2.73. The number of hydrogen-bond acceptors (Lipinski definition) is 7. The molecule has 0 unspecified atom stereocenters. The maximum atomic E-state index is 9.68. The molecular formula is C16H16N4O2S. The fraction of sp³-hybridized carbons (Fsp3) is 0.312. The SMILES string of the molecule is OC1CCN(c2ncccc2-c2nc(-c3cccs3)no2)CC1. The number of hydrogen-bond donors (Lipinski definition) is 1. The highest BCUT2D eigenvalue weighted by Gasteiger charge is 2.23. The van der Waals surface area contributed by atoms with E-state index in [4.69, 9.17) is 4.52 Å². The maximum absolute atomic E-state index is 9.68. The van der Waals surface area contributed by atoms with Gasteiger partial charge in [-0.05, 0) is 36.4 Å². The molecule has 3 aromatic heterocycles. The molecule has 0 saturated carbocycles. The van der Waals surface area contributed by atoms with Crippen molar-refractivity contribution in [3.8, 4) is 22.2 Å². The molecule has 118 valence electrons. The molecule has 1 fully saturated rings. The summed E-state index contributed by atoms with van der Waals surface area (Å²) in [6, 6.07) is 7.74. The van der Waals surface area contributed by atoms with Gasteiger partial charge in [0.15, 0.2) is 0 Å². The minimum absolute atomic E-state index is 0.216. The minimum Gasteiger partial charge on any atom is -0.393 e. The second-order valence-electron chi connectivity index (χ2n) is 5.49. The molecule has 1 saturated heterocycles. The van der Waals surface area contributed by atoms with Crippen LogP contribution >= 0.6 is 11.3 Å². The van der Waals surface area contributed by atoms with E-state index >= 15 is 0 Å². The number of aromatic nitrogens is 3. The highest BCUT2D eigenvalue weighted by atomic mass is 32.1. The normalized spacial score (nSPS) is 16.0. The van der Waals surface area contributed by atoms with Gasteiger partial charge in [0, 0.05) is 19.3 Å². The van der Waals surface area contributed by atoms with Crippen LogP contribution in [0.15, 0.2) is 40.4 Å². The van der Waals surface area contributed by atoms with Gasteiger partial charge in [-0.15, -0.1) is 11.3 Å². The lowest BCUT2D eigenvalue weighted by Crippen LogP contribution is -2.36. The molecule has 0 radical (unpaired) electrons. The van der Waals surface area contributed by atoms with Crippen LogP contribution in [0.3, 0.4) is 0 Å². The van der Waals surface area contributed by atoms with E-state index in [1.54, 1.807) is 17.5 Å². The van der Waals surface area contributed by atoms with E-state index in [-0.39, 0.29) is 6.10 Å². The van der Waals surface area contributed by atoms with Crippen LogP contribution in [0.4, 0.5) is 5.82 Å². The van der Waals surface area contributed by atoms with E-state index < -0.39 is 0 Å². The fourth-order valence-corrected chi connectivity index (χ4v) is 3.38. The average molecular weight is 328 g/mol. The first-order valence-corrected chi connectivity index (χ1v) is 8.45. The van der Waals surface area contributed by atoms with Crippen molar-refractivity contribution in [3.63, 3.8) is 0 Å². The number of piperidine rings is 1. The molecule has 7 heteroatoms. The number of aliphatic hydroxyl groups excluding tert-OH is 1. The van der Waals surface area contributed by atoms with Crippen molar-refractivity contribution < 1.29 is 9.63 Å². The molecule has 23 heavy (non-hydrogen) atoms. The van der Waals surface area contributed by atoms with Crippen molar-refractivity contribution in [2.24, 2.45) is 0 Å². The second-order valence-corrected chi connectivity index (χ2v) is 6.44. The summed E-state index contributed by atoms with van der Waals surface area (Å²) in [5.74, 6) is 1.90. The van der Waals surface area contributed by atoms with Crippen LogP contribution < -0.4 is 4.90 Å². The Balaban J connectivity index is 1.67. The van der Waals surface area contributed by atoms with Gasteiger partial charge in [-0.1, -0.05) is 11.2 Å². The molecule has 1 aliphatic rings. The zero-order valence-electron chi connectivity index (χ0n) is 12.4. The summed E-state index contributed by atoms with van der Waals surface area (Å²) in [6.45, 7) is 1.55. The topological polar surface area (TPSA) is 75.3 Å². The van der Waals surface area contributed by atoms with Gasteiger partial charge >= 0.3 is 0 Å². The first kappa shape index (κ1) is 14.3. The first-order chi connectivity index (χ1) is 11.3. The van der Waals surface area contributed by atoms with Crippen LogP contribution in [0.5, 0.6) is 0 Å². The molecule has 0 bridgehead atoms. The van der Waals surface area contributed by atoms with Crippen LogP contribution in [0.2, 0.25) is 0 Å². The molecule has 0 aromatic carbocycles. The van der Waals surface area contributed by atoms with Crippen molar-refractivity contribution in [2.45, 2.75) is 18.9 Å². The monoisotopic (exact) mass is 328 g/mol. The van der Waals surface area contributed by atoms with Gasteiger partial charge in [0.2, 0.25) is 5.82 Å². The number of rotatable bonds is 3. The molecule has 4 heterocycles. The molecule has 1 aliphatic heterocycles. The van der Waals surface area contributed by atoms with Gasteiger partial charge in [0.25, 0.3) is 5.89 Å². The lowest BCUT2D eigenvalue weighted by atomic mass is 10.1. The van der Waals surface area contributed by atoms with E-state index in [2.05, 4.69) is 20.0 Å². The quantitative estimate of drug-likeness (QED) is 0.797. The van der Waals surface area contributed by atoms with E-state index in [9.17, 15) is 5.11 Å². The lowest BCUT2D eigenvalue weighted by molar-refractivity contribution is 0.145. The van der Waals surface area contributed by atoms with Crippen molar-refractivity contribution >= 4 is 17.2 Å². The summed E-state index contributed by atoms with van der Waals surface area (Å²) in [7, 11) is 0. The third-order valence-corrected chi connectivity index (χ3v) is 4.81. The number of aliphatic hydroxyl groups is 1. The number of pyridine rings is 1. The van der Waals surface area contributed by atoms with E-state index in [0.717, 1.165) is 42.2 Å². The molecule has 1 N–H and O–H groups in total. The summed E-state index contributed by atoms with van der Waals surface area (Å²) in [6.07, 6.45) is 3.05. The molecule has 3 aromatic rings. The van der Waals surface area contributed by atoms with Gasteiger partial charge in [0.1, 0.15) is 5.82 Å². The number of anilines is 1. The van der Waals surface area contributed by atoms with Gasteiger partial charge in [-0.25, -0.2) is 4.98 Å². The molecule has 0 spiro atoms. The van der Waals surface area contributed by atoms with Crippen LogP contribution in [0, 0.1) is 0 Å². The number of nitrogens with zero attached hydrogens (tertiary/aromatic N) is 4. The number of thiophene rings is 1. The predicted molar refractivity (Wildman–Crippen MR) is 88.3 cm³/mol. The average Bonchev–Trinajstić information content (AvgIpc) is 3.27. The van der Waals surface area contributed by atoms with Gasteiger partial charge < -0.3 is 14.5 Å². The summed E-state index contributed by atoms with van der Waals surface area (Å²) >= 11 is 1.58. The Labute approximate surface area is 137 Å². The van der Waals surface area contributed by atoms with E-state index in [1.807, 2.05) is 29.6 Å². The summed E-state index contributed by atoms with van der Waals surface area (Å²) in [5, 5.41) is 15.7. The van der Waals surface area contributed by atoms with E-state index in [1.165, 1.54) is 0 Å². The molecule has 6 nitrogen and oxygen atoms in total. The maximum Gasteiger partial charge on any atom is 0.262 e. The molecule has 0 aliphatic carbocycles. The Hall–Kier alpha value is -2.25. The first-order valence-electron chi connectivity index (χ1n) is 7.57. The van der Waals surface area contributed by atoms with Crippen LogP contribution in [0.25, 0.3) is 22.2 Å². The predicted octanol–water partition coefficient (Wildman–Crippen LogP) is 2.82. The van der Waals surface area contributed by atoms with E-state index in [0.29, 0.717) is 11.7 Å². The second kappa shape index (κ2) is 6.10. The smallest absolute Gasteiger partial charge is 0.262 e. The summed E-state index contributed by atoms with van der Waals surface area (Å²) in [5.41, 5.74) is 0.833. The van der Waals surface area contributed by atoms with Crippen LogP contribution in [0.1, 0.15) is 12.8 Å². The Morgan fingerprint density at radius 2 is 2.09 bits per heavy atom. The zero-order valence-corrected chi connectivity index (χ0v) is 13.2. The molecule has 4 rings (SSSR count). The largest absolute Gasteiger partial charge is 0.393 e. The Morgan fingerprint density at radius 1 is 1.22 bits per heavy atom. The van der Waals surface area contributed by atoms with Crippen LogP contribution in [-0.2, 0) is 0 Å². The third-order valence-electron chi connectivity index (χ3n) is 3.95. The lowest BCUT2D eigenvalue weighted by Gasteiger charge is -2.31. The Kier molecular flexibility index (Phi) is 3.80. The molecule has 0 amide bonds. The molecular weight excluding hydrogens is 312 g/mol. The summed E-state index contributed by atoms with van der Waals surface area (Å²) in [4.78, 5) is 12.1. The molecule has 0 atom stereocenters. The highest BCUT2D eigenvalue weighted by molar-refractivity contribution is 7.13. The standard InChI is InChI=1S/C16H16N4O2S/c21-11-5-8-20(9-6-11)15-12(3-1-7-17-15)16-18-14(19-22-16)13-4-2-10-23-13/h1-4,7,10-11,21H,5-6,8-9H2. The minimum atomic E-state index is -0.216. The van der Waals surface area contributed by atoms with Crippen LogP contribution in [-0.4, -0.2) is 39.4 Å². The van der Waals surface area contributed by atoms with Crippen molar-refractivity contribution in [1.82, 2.24) is 15.1 Å². The van der Waals surface area contributed by atoms with Gasteiger partial charge in [0.05, 0.1) is 16.5 Å². The third kappa shape index (κ3) is 2.85. The Bertz CT molecular complexity index is 779. The zero-order chi connectivity index (χ0) is 15.6. The highest BCUT2D eigenvalue weighted by Crippen LogP contribution is 2.31. The van der Waals surface area contributed by atoms with Gasteiger partial charge in [-0.2, -0.15) is 4.98 Å². The van der Waals surface area contributed by atoms with Crippen molar-refractivity contribution in [2.75, 3.05) is 18.0 Å². The van der Waals surface area contributed by atoms with Crippen molar-refractivity contribution in [1.29, 1.82) is 0 Å². The summed E-state index contributed by atoms with van der Waals surface area (Å²) < 4.78 is 5.46. The van der Waals surface area contributed by atoms with Gasteiger partial charge in [-0.3, -0.25) is 0 Å². The Morgan fingerprint density at radius 3 is 2.87 bits per heavy atom. The van der Waals surface area contributed by atoms with Crippen molar-refractivity contribution in [3.05, 3.63) is 35.8 Å².